The first kappa shape index (κ1) is 22.5. The van der Waals surface area contributed by atoms with Crippen LogP contribution in [0.5, 0.6) is 0 Å². The standard InChI is InChI=1S/C23H25F3N4O/c1-14(2)20-27-10-11-30(20)19-13-16(21(31)29-22(3,4)5)12-18(28-19)15-6-8-17(9-7-15)23(24,25)26/h6-14H,1-5H3,(H,29,31). The molecule has 0 radical (unpaired) electrons. The lowest BCUT2D eigenvalue weighted by Crippen LogP contribution is -2.40. The third-order valence-electron chi connectivity index (χ3n) is 4.50. The van der Waals surface area contributed by atoms with Crippen molar-refractivity contribution in [2.75, 3.05) is 0 Å². The highest BCUT2D eigenvalue weighted by molar-refractivity contribution is 5.96. The molecule has 3 rings (SSSR count). The van der Waals surface area contributed by atoms with Crippen LogP contribution in [-0.4, -0.2) is 26.0 Å². The van der Waals surface area contributed by atoms with Crippen LogP contribution in [-0.2, 0) is 6.18 Å². The average molecular weight is 430 g/mol. The van der Waals surface area contributed by atoms with Gasteiger partial charge in [0.2, 0.25) is 0 Å². The Hall–Kier alpha value is -3.16. The highest BCUT2D eigenvalue weighted by Crippen LogP contribution is 2.31. The Balaban J connectivity index is 2.13. The van der Waals surface area contributed by atoms with E-state index in [1.807, 2.05) is 34.6 Å². The van der Waals surface area contributed by atoms with E-state index in [0.29, 0.717) is 22.6 Å². The summed E-state index contributed by atoms with van der Waals surface area (Å²) in [5.74, 6) is 1.05. The molecule has 8 heteroatoms. The van der Waals surface area contributed by atoms with E-state index in [1.54, 1.807) is 29.1 Å². The SMILES string of the molecule is CC(C)c1nccn1-c1cc(C(=O)NC(C)(C)C)cc(-c2ccc(C(F)(F)F)cc2)n1. The van der Waals surface area contributed by atoms with Crippen molar-refractivity contribution in [3.63, 3.8) is 0 Å². The first-order valence-electron chi connectivity index (χ1n) is 9.91. The number of aromatic nitrogens is 3. The third kappa shape index (κ3) is 5.31. The Morgan fingerprint density at radius 2 is 1.71 bits per heavy atom. The quantitative estimate of drug-likeness (QED) is 0.586. The van der Waals surface area contributed by atoms with E-state index in [9.17, 15) is 18.0 Å². The maximum Gasteiger partial charge on any atom is 0.416 e. The molecule has 0 fully saturated rings. The third-order valence-corrected chi connectivity index (χ3v) is 4.50. The molecule has 31 heavy (non-hydrogen) atoms. The summed E-state index contributed by atoms with van der Waals surface area (Å²) in [6.45, 7) is 9.60. The summed E-state index contributed by atoms with van der Waals surface area (Å²) in [5.41, 5.74) is 0.0419. The smallest absolute Gasteiger partial charge is 0.347 e. The van der Waals surface area contributed by atoms with Gasteiger partial charge in [0.05, 0.1) is 11.3 Å². The zero-order valence-electron chi connectivity index (χ0n) is 18.1. The molecule has 1 aromatic carbocycles. The van der Waals surface area contributed by atoms with Gasteiger partial charge in [-0.25, -0.2) is 9.97 Å². The van der Waals surface area contributed by atoms with Crippen LogP contribution in [0.4, 0.5) is 13.2 Å². The molecular formula is C23H25F3N4O. The summed E-state index contributed by atoms with van der Waals surface area (Å²) in [7, 11) is 0. The Labute approximate surface area is 179 Å². The lowest BCUT2D eigenvalue weighted by atomic mass is 10.0. The van der Waals surface area contributed by atoms with Crippen molar-refractivity contribution in [1.82, 2.24) is 19.9 Å². The minimum absolute atomic E-state index is 0.110. The van der Waals surface area contributed by atoms with Crippen LogP contribution in [0, 0.1) is 0 Å². The molecule has 0 spiro atoms. The van der Waals surface area contributed by atoms with Gasteiger partial charge in [0.25, 0.3) is 5.91 Å². The summed E-state index contributed by atoms with van der Waals surface area (Å²) >= 11 is 0. The largest absolute Gasteiger partial charge is 0.416 e. The second-order valence-corrected chi connectivity index (χ2v) is 8.69. The number of alkyl halides is 3. The van der Waals surface area contributed by atoms with Crippen LogP contribution < -0.4 is 5.32 Å². The topological polar surface area (TPSA) is 59.8 Å². The number of benzene rings is 1. The van der Waals surface area contributed by atoms with E-state index in [-0.39, 0.29) is 11.8 Å². The van der Waals surface area contributed by atoms with E-state index in [4.69, 9.17) is 0 Å². The number of hydrogen-bond acceptors (Lipinski definition) is 3. The first-order chi connectivity index (χ1) is 14.3. The van der Waals surface area contributed by atoms with Gasteiger partial charge >= 0.3 is 6.18 Å². The number of halogens is 3. The van der Waals surface area contributed by atoms with Crippen molar-refractivity contribution in [1.29, 1.82) is 0 Å². The normalized spacial score (nSPS) is 12.3. The molecule has 0 saturated carbocycles. The van der Waals surface area contributed by atoms with Crippen molar-refractivity contribution in [2.24, 2.45) is 0 Å². The molecule has 164 valence electrons. The van der Waals surface area contributed by atoms with Gasteiger partial charge in [-0.05, 0) is 45.0 Å². The highest BCUT2D eigenvalue weighted by atomic mass is 19.4. The van der Waals surface area contributed by atoms with Crippen LogP contribution >= 0.6 is 0 Å². The molecule has 1 N–H and O–H groups in total. The lowest BCUT2D eigenvalue weighted by Gasteiger charge is -2.21. The predicted molar refractivity (Wildman–Crippen MR) is 113 cm³/mol. The molecule has 0 aliphatic carbocycles. The fraction of sp³-hybridized carbons (Fsp3) is 0.348. The number of carbonyl (C=O) groups excluding carboxylic acids is 1. The molecule has 0 bridgehead atoms. The fourth-order valence-corrected chi connectivity index (χ4v) is 3.10. The van der Waals surface area contributed by atoms with Crippen LogP contribution in [0.25, 0.3) is 17.1 Å². The fourth-order valence-electron chi connectivity index (χ4n) is 3.10. The van der Waals surface area contributed by atoms with Gasteiger partial charge in [0, 0.05) is 35.0 Å². The summed E-state index contributed by atoms with van der Waals surface area (Å²) in [6, 6.07) is 7.97. The number of carbonyl (C=O) groups is 1. The molecule has 0 saturated heterocycles. The maximum atomic E-state index is 12.9. The van der Waals surface area contributed by atoms with Crippen LogP contribution in [0.15, 0.2) is 48.8 Å². The number of imidazole rings is 1. The zero-order valence-corrected chi connectivity index (χ0v) is 18.1. The highest BCUT2D eigenvalue weighted by Gasteiger charge is 2.30. The van der Waals surface area contributed by atoms with Gasteiger partial charge < -0.3 is 5.32 Å². The van der Waals surface area contributed by atoms with Gasteiger partial charge in [-0.2, -0.15) is 13.2 Å². The summed E-state index contributed by atoms with van der Waals surface area (Å²) in [5, 5.41) is 2.91. The molecule has 0 aliphatic heterocycles. The molecule has 2 heterocycles. The van der Waals surface area contributed by atoms with Crippen LogP contribution in [0.2, 0.25) is 0 Å². The minimum atomic E-state index is -4.42. The predicted octanol–water partition coefficient (Wildman–Crippen LogP) is 5.60. The second kappa shape index (κ2) is 8.17. The molecule has 0 atom stereocenters. The van der Waals surface area contributed by atoms with Gasteiger partial charge in [0.1, 0.15) is 11.6 Å². The number of pyridine rings is 1. The zero-order chi connectivity index (χ0) is 23.0. The van der Waals surface area contributed by atoms with Crippen molar-refractivity contribution in [3.8, 4) is 17.1 Å². The van der Waals surface area contributed by atoms with E-state index < -0.39 is 17.3 Å². The summed E-state index contributed by atoms with van der Waals surface area (Å²) in [4.78, 5) is 21.8. The first-order valence-corrected chi connectivity index (χ1v) is 9.91. The monoisotopic (exact) mass is 430 g/mol. The summed E-state index contributed by atoms with van der Waals surface area (Å²) < 4.78 is 40.6. The minimum Gasteiger partial charge on any atom is -0.347 e. The molecule has 0 aliphatic rings. The van der Waals surface area contributed by atoms with Gasteiger partial charge in [0.15, 0.2) is 0 Å². The second-order valence-electron chi connectivity index (χ2n) is 8.69. The van der Waals surface area contributed by atoms with Crippen molar-refractivity contribution < 1.29 is 18.0 Å². The van der Waals surface area contributed by atoms with Crippen molar-refractivity contribution in [3.05, 3.63) is 65.7 Å². The number of hydrogen-bond donors (Lipinski definition) is 1. The number of amides is 1. The van der Waals surface area contributed by atoms with E-state index >= 15 is 0 Å². The van der Waals surface area contributed by atoms with E-state index in [1.165, 1.54) is 12.1 Å². The van der Waals surface area contributed by atoms with Crippen molar-refractivity contribution in [2.45, 2.75) is 52.3 Å². The van der Waals surface area contributed by atoms with E-state index in [2.05, 4.69) is 15.3 Å². The van der Waals surface area contributed by atoms with Gasteiger partial charge in [-0.3, -0.25) is 9.36 Å². The van der Waals surface area contributed by atoms with E-state index in [0.717, 1.165) is 18.0 Å². The number of rotatable bonds is 4. The van der Waals surface area contributed by atoms with Crippen molar-refractivity contribution >= 4 is 5.91 Å². The average Bonchev–Trinajstić information content (AvgIpc) is 3.16. The molecule has 2 aromatic heterocycles. The summed E-state index contributed by atoms with van der Waals surface area (Å²) in [6.07, 6.45) is -1.02. The Bertz CT molecular complexity index is 1080. The maximum absolute atomic E-state index is 12.9. The Morgan fingerprint density at radius 3 is 2.26 bits per heavy atom. The Morgan fingerprint density at radius 1 is 1.06 bits per heavy atom. The molecular weight excluding hydrogens is 405 g/mol. The molecule has 1 amide bonds. The number of nitrogens with one attached hydrogen (secondary N) is 1. The molecule has 0 unspecified atom stereocenters. The van der Waals surface area contributed by atoms with Gasteiger partial charge in [-0.15, -0.1) is 0 Å². The lowest BCUT2D eigenvalue weighted by molar-refractivity contribution is -0.137. The molecule has 3 aromatic rings. The molecule has 5 nitrogen and oxygen atoms in total. The van der Waals surface area contributed by atoms with Gasteiger partial charge in [-0.1, -0.05) is 26.0 Å². The Kier molecular flexibility index (Phi) is 5.93. The van der Waals surface area contributed by atoms with Crippen LogP contribution in [0.1, 0.15) is 62.3 Å². The number of nitrogens with zero attached hydrogens (tertiary/aromatic N) is 3. The van der Waals surface area contributed by atoms with Crippen LogP contribution in [0.3, 0.4) is 0 Å².